The molecule has 0 saturated heterocycles. The van der Waals surface area contributed by atoms with Crippen molar-refractivity contribution in [2.45, 2.75) is 32.2 Å². The highest BCUT2D eigenvalue weighted by molar-refractivity contribution is 7.10. The number of thiophene rings is 1. The van der Waals surface area contributed by atoms with Gasteiger partial charge in [-0.1, -0.05) is 18.2 Å². The third-order valence-corrected chi connectivity index (χ3v) is 6.38. The van der Waals surface area contributed by atoms with Gasteiger partial charge in [-0.2, -0.15) is 5.10 Å². The number of imidazole rings is 1. The van der Waals surface area contributed by atoms with Gasteiger partial charge in [-0.3, -0.25) is 0 Å². The molecular formula is C23H23N5OS. The Kier molecular flexibility index (Phi) is 4.96. The Morgan fingerprint density at radius 2 is 2.17 bits per heavy atom. The number of aromatic nitrogens is 5. The van der Waals surface area contributed by atoms with E-state index in [-0.39, 0.29) is 0 Å². The number of rotatable bonds is 5. The highest BCUT2D eigenvalue weighted by atomic mass is 32.1. The van der Waals surface area contributed by atoms with Gasteiger partial charge in [0.2, 0.25) is 0 Å². The number of nitrogens with zero attached hydrogens (tertiary/aromatic N) is 5. The molecule has 0 N–H and O–H groups in total. The Balaban J connectivity index is 1.41. The maximum absolute atomic E-state index is 5.61. The number of methoxy groups -OCH3 is 1. The molecule has 30 heavy (non-hydrogen) atoms. The van der Waals surface area contributed by atoms with Crippen molar-refractivity contribution in [3.8, 4) is 11.4 Å². The van der Waals surface area contributed by atoms with Gasteiger partial charge in [-0.15, -0.1) is 11.3 Å². The molecular weight excluding hydrogens is 394 g/mol. The average Bonchev–Trinajstić information content (AvgIpc) is 3.52. The molecule has 0 amide bonds. The Morgan fingerprint density at radius 3 is 2.93 bits per heavy atom. The number of aryl methyl sites for hydroxylation is 2. The van der Waals surface area contributed by atoms with Gasteiger partial charge in [0.05, 0.1) is 30.7 Å². The molecule has 4 heterocycles. The third-order valence-electron chi connectivity index (χ3n) is 5.40. The molecule has 0 saturated carbocycles. The summed E-state index contributed by atoms with van der Waals surface area (Å²) in [5.41, 5.74) is 2.97. The predicted molar refractivity (Wildman–Crippen MR) is 119 cm³/mol. The van der Waals surface area contributed by atoms with Crippen molar-refractivity contribution in [3.63, 3.8) is 0 Å². The van der Waals surface area contributed by atoms with Gasteiger partial charge >= 0.3 is 0 Å². The van der Waals surface area contributed by atoms with Crippen molar-refractivity contribution in [1.82, 2.24) is 24.3 Å². The molecule has 0 bridgehead atoms. The van der Waals surface area contributed by atoms with E-state index in [1.54, 1.807) is 24.8 Å². The van der Waals surface area contributed by atoms with Gasteiger partial charge in [0.15, 0.2) is 5.82 Å². The van der Waals surface area contributed by atoms with Crippen LogP contribution in [0.1, 0.15) is 46.5 Å². The average molecular weight is 418 g/mol. The minimum Gasteiger partial charge on any atom is -0.495 e. The lowest BCUT2D eigenvalue weighted by Gasteiger charge is -2.20. The van der Waals surface area contributed by atoms with E-state index in [9.17, 15) is 0 Å². The van der Waals surface area contributed by atoms with Crippen LogP contribution in [0.4, 0.5) is 0 Å². The molecule has 1 atom stereocenters. The fraction of sp³-hybridized carbons (Fsp3) is 0.261. The highest BCUT2D eigenvalue weighted by Crippen LogP contribution is 2.34. The van der Waals surface area contributed by atoms with Crippen LogP contribution in [0.5, 0.6) is 5.75 Å². The summed E-state index contributed by atoms with van der Waals surface area (Å²) in [5.74, 6) is 2.98. The number of benzene rings is 1. The Bertz CT molecular complexity index is 1190. The molecule has 6 nitrogen and oxygen atoms in total. The first-order valence-electron chi connectivity index (χ1n) is 10.1. The van der Waals surface area contributed by atoms with E-state index in [1.165, 1.54) is 4.88 Å². The highest BCUT2D eigenvalue weighted by Gasteiger charge is 2.25. The van der Waals surface area contributed by atoms with E-state index in [0.29, 0.717) is 5.92 Å². The zero-order chi connectivity index (χ0) is 20.5. The normalized spacial score (nSPS) is 16.1. The van der Waals surface area contributed by atoms with E-state index in [0.717, 1.165) is 53.7 Å². The molecule has 1 aliphatic rings. The summed E-state index contributed by atoms with van der Waals surface area (Å²) in [4.78, 5) is 10.5. The minimum absolute atomic E-state index is 0.353. The van der Waals surface area contributed by atoms with E-state index in [1.807, 2.05) is 42.0 Å². The van der Waals surface area contributed by atoms with Crippen LogP contribution in [0.3, 0.4) is 0 Å². The molecule has 0 radical (unpaired) electrons. The molecule has 7 heteroatoms. The SMILES string of the molecule is COc1cc(/C=C/c2nc3n(n2)CCC[C@H]3c2cccs2)ccc1-n1cnc(C)c1. The fourth-order valence-corrected chi connectivity index (χ4v) is 4.79. The smallest absolute Gasteiger partial charge is 0.174 e. The summed E-state index contributed by atoms with van der Waals surface area (Å²) in [6.07, 6.45) is 10.1. The van der Waals surface area contributed by atoms with Crippen LogP contribution in [0.15, 0.2) is 48.2 Å². The summed E-state index contributed by atoms with van der Waals surface area (Å²) < 4.78 is 9.64. The summed E-state index contributed by atoms with van der Waals surface area (Å²) in [5, 5.41) is 6.85. The zero-order valence-electron chi connectivity index (χ0n) is 17.0. The van der Waals surface area contributed by atoms with Gasteiger partial charge in [0, 0.05) is 17.6 Å². The molecule has 5 rings (SSSR count). The fourth-order valence-electron chi connectivity index (χ4n) is 3.93. The molecule has 0 aliphatic carbocycles. The summed E-state index contributed by atoms with van der Waals surface area (Å²) in [6, 6.07) is 10.4. The monoisotopic (exact) mass is 417 g/mol. The van der Waals surface area contributed by atoms with E-state index < -0.39 is 0 Å². The quantitative estimate of drug-likeness (QED) is 0.462. The van der Waals surface area contributed by atoms with Crippen molar-refractivity contribution in [2.75, 3.05) is 7.11 Å². The first kappa shape index (κ1) is 18.8. The topological polar surface area (TPSA) is 57.8 Å². The number of hydrogen-bond acceptors (Lipinski definition) is 5. The maximum Gasteiger partial charge on any atom is 0.174 e. The summed E-state index contributed by atoms with van der Waals surface area (Å²) in [7, 11) is 1.69. The van der Waals surface area contributed by atoms with Crippen LogP contribution in [-0.4, -0.2) is 31.4 Å². The summed E-state index contributed by atoms with van der Waals surface area (Å²) >= 11 is 1.80. The zero-order valence-corrected chi connectivity index (χ0v) is 17.8. The molecule has 152 valence electrons. The lowest BCUT2D eigenvalue weighted by atomic mass is 9.97. The van der Waals surface area contributed by atoms with Crippen molar-refractivity contribution in [2.24, 2.45) is 0 Å². The van der Waals surface area contributed by atoms with Crippen molar-refractivity contribution in [3.05, 3.63) is 76.0 Å². The van der Waals surface area contributed by atoms with Gasteiger partial charge in [0.1, 0.15) is 11.6 Å². The van der Waals surface area contributed by atoms with Crippen LogP contribution in [0, 0.1) is 6.92 Å². The lowest BCUT2D eigenvalue weighted by Crippen LogP contribution is -2.17. The number of ether oxygens (including phenoxy) is 1. The molecule has 3 aromatic heterocycles. The Hall–Kier alpha value is -3.19. The van der Waals surface area contributed by atoms with Gasteiger partial charge in [0.25, 0.3) is 0 Å². The van der Waals surface area contributed by atoms with Crippen LogP contribution < -0.4 is 4.74 Å². The molecule has 4 aromatic rings. The Morgan fingerprint density at radius 1 is 1.23 bits per heavy atom. The third kappa shape index (κ3) is 3.57. The second-order valence-electron chi connectivity index (χ2n) is 7.45. The largest absolute Gasteiger partial charge is 0.495 e. The summed E-state index contributed by atoms with van der Waals surface area (Å²) in [6.45, 7) is 2.91. The van der Waals surface area contributed by atoms with E-state index in [2.05, 4.69) is 33.2 Å². The van der Waals surface area contributed by atoms with Crippen molar-refractivity contribution >= 4 is 23.5 Å². The predicted octanol–water partition coefficient (Wildman–Crippen LogP) is 4.94. The van der Waals surface area contributed by atoms with E-state index in [4.69, 9.17) is 14.8 Å². The van der Waals surface area contributed by atoms with Crippen LogP contribution >= 0.6 is 11.3 Å². The molecule has 0 fully saturated rings. The van der Waals surface area contributed by atoms with Crippen LogP contribution in [0.25, 0.3) is 17.8 Å². The van der Waals surface area contributed by atoms with Crippen LogP contribution in [-0.2, 0) is 6.54 Å². The lowest BCUT2D eigenvalue weighted by molar-refractivity contribution is 0.413. The molecule has 0 unspecified atom stereocenters. The van der Waals surface area contributed by atoms with Crippen molar-refractivity contribution in [1.29, 1.82) is 0 Å². The molecule has 1 aromatic carbocycles. The number of fused-ring (bicyclic) bond motifs is 1. The van der Waals surface area contributed by atoms with Crippen molar-refractivity contribution < 1.29 is 4.74 Å². The van der Waals surface area contributed by atoms with Gasteiger partial charge in [-0.25, -0.2) is 14.6 Å². The molecule has 0 spiro atoms. The van der Waals surface area contributed by atoms with Gasteiger partial charge in [-0.05, 0) is 55.0 Å². The Labute approximate surface area is 179 Å². The number of hydrogen-bond donors (Lipinski definition) is 0. The standard InChI is InChI=1S/C23H23N5OS/c1-16-14-27(15-24-16)19-9-7-17(13-20(19)29-2)8-10-22-25-23-18(21-6-4-12-30-21)5-3-11-28(23)26-22/h4,6-10,12-15,18H,3,5,11H2,1-2H3/b10-8+/t18-/m0/s1. The van der Waals surface area contributed by atoms with Crippen LogP contribution in [0.2, 0.25) is 0 Å². The second kappa shape index (κ2) is 7.91. The van der Waals surface area contributed by atoms with E-state index >= 15 is 0 Å². The maximum atomic E-state index is 5.61. The minimum atomic E-state index is 0.353. The second-order valence-corrected chi connectivity index (χ2v) is 8.43. The molecule has 1 aliphatic heterocycles. The first-order chi connectivity index (χ1) is 14.7. The first-order valence-corrected chi connectivity index (χ1v) is 10.9. The van der Waals surface area contributed by atoms with Gasteiger partial charge < -0.3 is 9.30 Å².